The van der Waals surface area contributed by atoms with Crippen molar-refractivity contribution in [2.45, 2.75) is 26.7 Å². The summed E-state index contributed by atoms with van der Waals surface area (Å²) in [6.45, 7) is 5.93. The molecular formula is C10H19NO2. The van der Waals surface area contributed by atoms with E-state index in [0.29, 0.717) is 5.92 Å². The summed E-state index contributed by atoms with van der Waals surface area (Å²) in [6, 6.07) is 0. The van der Waals surface area contributed by atoms with Gasteiger partial charge in [-0.05, 0) is 32.4 Å². The number of hydrogen-bond donors (Lipinski definition) is 1. The quantitative estimate of drug-likeness (QED) is 0.672. The molecule has 2 rings (SSSR count). The molecule has 1 heterocycles. The Labute approximate surface area is 79.7 Å². The minimum Gasteiger partial charge on any atom is -0.481 e. The van der Waals surface area contributed by atoms with Crippen molar-refractivity contribution in [3.8, 4) is 0 Å². The third-order valence-corrected chi connectivity index (χ3v) is 3.13. The van der Waals surface area contributed by atoms with E-state index in [-0.39, 0.29) is 5.41 Å². The summed E-state index contributed by atoms with van der Waals surface area (Å²) >= 11 is 0. The SMILES string of the molecule is CC.CN1CCC2(C(=O)O)CC2C1. The molecule has 3 heteroatoms. The molecule has 3 nitrogen and oxygen atoms in total. The van der Waals surface area contributed by atoms with E-state index in [1.165, 1.54) is 0 Å². The molecule has 1 N–H and O–H groups in total. The van der Waals surface area contributed by atoms with Crippen molar-refractivity contribution in [1.29, 1.82) is 0 Å². The summed E-state index contributed by atoms with van der Waals surface area (Å²) < 4.78 is 0. The van der Waals surface area contributed by atoms with Crippen LogP contribution in [0.15, 0.2) is 0 Å². The highest BCUT2D eigenvalue weighted by Crippen LogP contribution is 2.57. The fourth-order valence-corrected chi connectivity index (χ4v) is 2.15. The van der Waals surface area contributed by atoms with Crippen LogP contribution in [0.2, 0.25) is 0 Å². The Morgan fingerprint density at radius 2 is 2.15 bits per heavy atom. The molecule has 2 atom stereocenters. The number of carboxylic acid groups (broad SMARTS) is 1. The second kappa shape index (κ2) is 3.66. The van der Waals surface area contributed by atoms with Crippen LogP contribution >= 0.6 is 0 Å². The highest BCUT2D eigenvalue weighted by atomic mass is 16.4. The van der Waals surface area contributed by atoms with Crippen molar-refractivity contribution >= 4 is 5.97 Å². The second-order valence-corrected chi connectivity index (χ2v) is 3.87. The molecule has 1 saturated carbocycles. The molecule has 1 aliphatic heterocycles. The van der Waals surface area contributed by atoms with Gasteiger partial charge >= 0.3 is 5.97 Å². The Kier molecular flexibility index (Phi) is 2.96. The summed E-state index contributed by atoms with van der Waals surface area (Å²) in [6.07, 6.45) is 1.76. The standard InChI is InChI=1S/C8H13NO2.C2H6/c1-9-3-2-8(7(10)11)4-6(8)5-9;1-2/h6H,2-5H2,1H3,(H,10,11);1-2H3. The van der Waals surface area contributed by atoms with Crippen LogP contribution in [0.25, 0.3) is 0 Å². The number of fused-ring (bicyclic) bond motifs is 1. The summed E-state index contributed by atoms with van der Waals surface area (Å²) in [5.41, 5.74) is -0.299. The van der Waals surface area contributed by atoms with Crippen LogP contribution in [0.5, 0.6) is 0 Å². The van der Waals surface area contributed by atoms with E-state index in [1.54, 1.807) is 0 Å². The van der Waals surface area contributed by atoms with Gasteiger partial charge in [-0.15, -0.1) is 0 Å². The van der Waals surface area contributed by atoms with Crippen molar-refractivity contribution in [3.63, 3.8) is 0 Å². The van der Waals surface area contributed by atoms with E-state index in [2.05, 4.69) is 11.9 Å². The second-order valence-electron chi connectivity index (χ2n) is 3.87. The van der Waals surface area contributed by atoms with E-state index in [0.717, 1.165) is 25.9 Å². The number of carboxylic acids is 1. The minimum absolute atomic E-state index is 0.299. The van der Waals surface area contributed by atoms with Gasteiger partial charge in [0.25, 0.3) is 0 Å². The zero-order chi connectivity index (χ0) is 10.1. The topological polar surface area (TPSA) is 40.5 Å². The average molecular weight is 185 g/mol. The number of nitrogens with zero attached hydrogens (tertiary/aromatic N) is 1. The largest absolute Gasteiger partial charge is 0.481 e. The van der Waals surface area contributed by atoms with Gasteiger partial charge in [0.2, 0.25) is 0 Å². The van der Waals surface area contributed by atoms with Gasteiger partial charge in [-0.25, -0.2) is 0 Å². The van der Waals surface area contributed by atoms with Gasteiger partial charge in [0.15, 0.2) is 0 Å². The van der Waals surface area contributed by atoms with Crippen LogP contribution in [0, 0.1) is 11.3 Å². The molecule has 0 amide bonds. The van der Waals surface area contributed by atoms with Crippen molar-refractivity contribution < 1.29 is 9.90 Å². The number of aliphatic carboxylic acids is 1. The van der Waals surface area contributed by atoms with E-state index in [4.69, 9.17) is 5.11 Å². The molecule has 0 aromatic heterocycles. The maximum absolute atomic E-state index is 10.8. The minimum atomic E-state index is -0.574. The van der Waals surface area contributed by atoms with Crippen LogP contribution in [-0.2, 0) is 4.79 Å². The Bertz CT molecular complexity index is 205. The Morgan fingerprint density at radius 1 is 1.54 bits per heavy atom. The first-order valence-electron chi connectivity index (χ1n) is 5.07. The predicted molar refractivity (Wildman–Crippen MR) is 51.6 cm³/mol. The number of carbonyl (C=O) groups is 1. The molecule has 76 valence electrons. The van der Waals surface area contributed by atoms with Crippen LogP contribution in [0.4, 0.5) is 0 Å². The third kappa shape index (κ3) is 1.70. The smallest absolute Gasteiger partial charge is 0.310 e. The van der Waals surface area contributed by atoms with E-state index >= 15 is 0 Å². The lowest BCUT2D eigenvalue weighted by Gasteiger charge is -2.25. The fourth-order valence-electron chi connectivity index (χ4n) is 2.15. The van der Waals surface area contributed by atoms with E-state index < -0.39 is 5.97 Å². The van der Waals surface area contributed by atoms with Crippen molar-refractivity contribution in [3.05, 3.63) is 0 Å². The molecule has 2 aliphatic rings. The van der Waals surface area contributed by atoms with Crippen molar-refractivity contribution in [2.24, 2.45) is 11.3 Å². The Balaban J connectivity index is 0.000000396. The highest BCUT2D eigenvalue weighted by molar-refractivity contribution is 5.78. The van der Waals surface area contributed by atoms with Gasteiger partial charge in [-0.1, -0.05) is 13.8 Å². The lowest BCUT2D eigenvalue weighted by atomic mass is 9.96. The summed E-state index contributed by atoms with van der Waals surface area (Å²) in [5, 5.41) is 8.91. The Morgan fingerprint density at radius 3 is 2.62 bits per heavy atom. The molecule has 0 aromatic rings. The lowest BCUT2D eigenvalue weighted by Crippen LogP contribution is -2.35. The van der Waals surface area contributed by atoms with Crippen molar-refractivity contribution in [1.82, 2.24) is 4.90 Å². The monoisotopic (exact) mass is 185 g/mol. The van der Waals surface area contributed by atoms with Gasteiger partial charge in [-0.2, -0.15) is 0 Å². The van der Waals surface area contributed by atoms with Gasteiger partial charge in [0, 0.05) is 6.54 Å². The fraction of sp³-hybridized carbons (Fsp3) is 0.900. The first-order valence-corrected chi connectivity index (χ1v) is 5.07. The first kappa shape index (κ1) is 10.5. The van der Waals surface area contributed by atoms with Gasteiger partial charge in [0.05, 0.1) is 5.41 Å². The zero-order valence-electron chi connectivity index (χ0n) is 8.71. The molecule has 1 saturated heterocycles. The molecule has 0 spiro atoms. The third-order valence-electron chi connectivity index (χ3n) is 3.13. The normalized spacial score (nSPS) is 37.0. The zero-order valence-corrected chi connectivity index (χ0v) is 8.71. The first-order chi connectivity index (χ1) is 6.15. The molecule has 2 unspecified atom stereocenters. The molecule has 0 radical (unpaired) electrons. The van der Waals surface area contributed by atoms with Gasteiger partial charge in [-0.3, -0.25) is 4.79 Å². The maximum atomic E-state index is 10.8. The number of hydrogen-bond acceptors (Lipinski definition) is 2. The molecule has 0 aromatic carbocycles. The van der Waals surface area contributed by atoms with E-state index in [1.807, 2.05) is 13.8 Å². The summed E-state index contributed by atoms with van der Waals surface area (Å²) in [5.74, 6) is -0.130. The number of piperidine rings is 1. The summed E-state index contributed by atoms with van der Waals surface area (Å²) in [4.78, 5) is 13.0. The molecule has 0 bridgehead atoms. The highest BCUT2D eigenvalue weighted by Gasteiger charge is 2.61. The average Bonchev–Trinajstić information content (AvgIpc) is 2.83. The molecule has 13 heavy (non-hydrogen) atoms. The maximum Gasteiger partial charge on any atom is 0.310 e. The summed E-state index contributed by atoms with van der Waals surface area (Å²) in [7, 11) is 2.06. The van der Waals surface area contributed by atoms with E-state index in [9.17, 15) is 4.79 Å². The predicted octanol–water partition coefficient (Wildman–Crippen LogP) is 1.44. The van der Waals surface area contributed by atoms with Gasteiger partial charge in [0.1, 0.15) is 0 Å². The van der Waals surface area contributed by atoms with Crippen LogP contribution in [-0.4, -0.2) is 36.1 Å². The lowest BCUT2D eigenvalue weighted by molar-refractivity contribution is -0.145. The van der Waals surface area contributed by atoms with Crippen LogP contribution in [0.3, 0.4) is 0 Å². The Hall–Kier alpha value is -0.570. The van der Waals surface area contributed by atoms with Gasteiger partial charge < -0.3 is 10.0 Å². The molecule has 1 aliphatic carbocycles. The number of likely N-dealkylation sites (tertiary alicyclic amines) is 1. The van der Waals surface area contributed by atoms with Crippen LogP contribution < -0.4 is 0 Å². The number of rotatable bonds is 1. The molecular weight excluding hydrogens is 166 g/mol. The van der Waals surface area contributed by atoms with Crippen molar-refractivity contribution in [2.75, 3.05) is 20.1 Å². The molecule has 2 fully saturated rings. The van der Waals surface area contributed by atoms with Crippen LogP contribution in [0.1, 0.15) is 26.7 Å².